The topological polar surface area (TPSA) is 68.1 Å². The minimum Gasteiger partial charge on any atom is -0.247 e. The van der Waals surface area contributed by atoms with Gasteiger partial charge >= 0.3 is 0 Å². The Hall–Kier alpha value is -0.950. The number of hydrogen-bond acceptors (Lipinski definition) is 4. The molecule has 1 heterocycles. The summed E-state index contributed by atoms with van der Waals surface area (Å²) in [5.41, 5.74) is 0. The Morgan fingerprint density at radius 2 is 1.95 bits per heavy atom. The van der Waals surface area contributed by atoms with Gasteiger partial charge in [0.05, 0.1) is 12.3 Å². The summed E-state index contributed by atoms with van der Waals surface area (Å²) in [6, 6.07) is 0.434. The number of aryl methyl sites for hydroxylation is 1. The monoisotopic (exact) mass is 300 g/mol. The molecule has 0 N–H and O–H groups in total. The maximum absolute atomic E-state index is 11.4. The fraction of sp³-hybridized carbons (Fsp3) is 0.846. The van der Waals surface area contributed by atoms with Crippen LogP contribution in [0.25, 0.3) is 0 Å². The zero-order valence-corrected chi connectivity index (χ0v) is 13.4. The molecule has 1 aliphatic carbocycles. The standard InChI is InChI=1S/C13H24N4O2S/c1-11-14-13(9-10-16(2)20(3,18)19)17(15-11)12-7-5-4-6-8-12/h12H,4-10H2,1-3H3. The first-order valence-corrected chi connectivity index (χ1v) is 9.06. The van der Waals surface area contributed by atoms with Crippen molar-refractivity contribution in [2.75, 3.05) is 19.8 Å². The lowest BCUT2D eigenvalue weighted by molar-refractivity contribution is 0.318. The molecule has 0 aromatic carbocycles. The van der Waals surface area contributed by atoms with Crippen LogP contribution in [-0.4, -0.2) is 47.3 Å². The van der Waals surface area contributed by atoms with Crippen molar-refractivity contribution in [3.8, 4) is 0 Å². The largest absolute Gasteiger partial charge is 0.247 e. The highest BCUT2D eigenvalue weighted by molar-refractivity contribution is 7.88. The predicted molar refractivity (Wildman–Crippen MR) is 78.1 cm³/mol. The van der Waals surface area contributed by atoms with Gasteiger partial charge in [0, 0.05) is 20.0 Å². The van der Waals surface area contributed by atoms with E-state index in [0.717, 1.165) is 24.5 Å². The third kappa shape index (κ3) is 3.79. The molecular weight excluding hydrogens is 276 g/mol. The second-order valence-electron chi connectivity index (χ2n) is 5.65. The summed E-state index contributed by atoms with van der Waals surface area (Å²) in [4.78, 5) is 4.47. The first-order chi connectivity index (χ1) is 9.38. The molecule has 0 atom stereocenters. The first kappa shape index (κ1) is 15.4. The minimum absolute atomic E-state index is 0.434. The molecule has 0 radical (unpaired) electrons. The molecule has 114 valence electrons. The van der Waals surface area contributed by atoms with E-state index < -0.39 is 10.0 Å². The van der Waals surface area contributed by atoms with E-state index in [1.165, 1.54) is 29.8 Å². The number of likely N-dealkylation sites (N-methyl/N-ethyl adjacent to an activating group) is 1. The molecule has 0 bridgehead atoms. The van der Waals surface area contributed by atoms with Gasteiger partial charge in [0.25, 0.3) is 0 Å². The summed E-state index contributed by atoms with van der Waals surface area (Å²) in [6.07, 6.45) is 7.93. The van der Waals surface area contributed by atoms with E-state index in [2.05, 4.69) is 10.1 Å². The average Bonchev–Trinajstić information content (AvgIpc) is 2.77. The van der Waals surface area contributed by atoms with Crippen LogP contribution in [0.5, 0.6) is 0 Å². The zero-order valence-electron chi connectivity index (χ0n) is 12.5. The van der Waals surface area contributed by atoms with Crippen LogP contribution in [0.4, 0.5) is 0 Å². The van der Waals surface area contributed by atoms with Crippen LogP contribution < -0.4 is 0 Å². The van der Waals surface area contributed by atoms with Crippen molar-refractivity contribution in [3.05, 3.63) is 11.6 Å². The van der Waals surface area contributed by atoms with Gasteiger partial charge in [0.15, 0.2) is 0 Å². The van der Waals surface area contributed by atoms with Crippen molar-refractivity contribution >= 4 is 10.0 Å². The van der Waals surface area contributed by atoms with E-state index in [4.69, 9.17) is 0 Å². The first-order valence-electron chi connectivity index (χ1n) is 7.21. The number of rotatable bonds is 5. The van der Waals surface area contributed by atoms with E-state index in [1.54, 1.807) is 7.05 Å². The molecule has 1 saturated carbocycles. The van der Waals surface area contributed by atoms with Crippen molar-refractivity contribution < 1.29 is 8.42 Å². The quantitative estimate of drug-likeness (QED) is 0.827. The van der Waals surface area contributed by atoms with Gasteiger partial charge in [0.1, 0.15) is 11.6 Å². The van der Waals surface area contributed by atoms with Crippen LogP contribution in [0.2, 0.25) is 0 Å². The molecule has 6 nitrogen and oxygen atoms in total. The molecular formula is C13H24N4O2S. The Kier molecular flexibility index (Phi) is 4.80. The van der Waals surface area contributed by atoms with E-state index in [0.29, 0.717) is 19.0 Å². The second kappa shape index (κ2) is 6.22. The SMILES string of the molecule is Cc1nc(CCN(C)S(C)(=O)=O)n(C2CCCCC2)n1. The normalized spacial score (nSPS) is 17.8. The lowest BCUT2D eigenvalue weighted by Gasteiger charge is -2.23. The fourth-order valence-electron chi connectivity index (χ4n) is 2.69. The Balaban J connectivity index is 2.07. The molecule has 1 aromatic rings. The van der Waals surface area contributed by atoms with Gasteiger partial charge in [-0.2, -0.15) is 5.10 Å². The van der Waals surface area contributed by atoms with Gasteiger partial charge in [-0.05, 0) is 19.8 Å². The van der Waals surface area contributed by atoms with E-state index in [-0.39, 0.29) is 0 Å². The highest BCUT2D eigenvalue weighted by Crippen LogP contribution is 2.28. The summed E-state index contributed by atoms with van der Waals surface area (Å²) in [5.74, 6) is 1.68. The van der Waals surface area contributed by atoms with Gasteiger partial charge in [-0.25, -0.2) is 22.4 Å². The summed E-state index contributed by atoms with van der Waals surface area (Å²) in [6.45, 7) is 2.34. The molecule has 0 saturated heterocycles. The summed E-state index contributed by atoms with van der Waals surface area (Å²) >= 11 is 0. The van der Waals surface area contributed by atoms with E-state index >= 15 is 0 Å². The third-order valence-electron chi connectivity index (χ3n) is 3.94. The summed E-state index contributed by atoms with van der Waals surface area (Å²) in [7, 11) is -1.53. The molecule has 0 amide bonds. The molecule has 0 unspecified atom stereocenters. The van der Waals surface area contributed by atoms with Crippen molar-refractivity contribution in [3.63, 3.8) is 0 Å². The Bertz CT molecular complexity index is 547. The van der Waals surface area contributed by atoms with Crippen LogP contribution in [-0.2, 0) is 16.4 Å². The van der Waals surface area contributed by atoms with Crippen molar-refractivity contribution in [2.24, 2.45) is 0 Å². The lowest BCUT2D eigenvalue weighted by atomic mass is 9.95. The molecule has 7 heteroatoms. The predicted octanol–water partition coefficient (Wildman–Crippen LogP) is 1.53. The Morgan fingerprint density at radius 3 is 2.55 bits per heavy atom. The van der Waals surface area contributed by atoms with E-state index in [9.17, 15) is 8.42 Å². The highest BCUT2D eigenvalue weighted by atomic mass is 32.2. The van der Waals surface area contributed by atoms with Crippen LogP contribution in [0.15, 0.2) is 0 Å². The summed E-state index contributed by atoms with van der Waals surface area (Å²) in [5, 5.41) is 4.51. The molecule has 20 heavy (non-hydrogen) atoms. The van der Waals surface area contributed by atoms with Crippen molar-refractivity contribution in [1.82, 2.24) is 19.1 Å². The zero-order chi connectivity index (χ0) is 14.8. The van der Waals surface area contributed by atoms with Crippen molar-refractivity contribution in [1.29, 1.82) is 0 Å². The van der Waals surface area contributed by atoms with Crippen LogP contribution in [0.1, 0.15) is 49.8 Å². The molecule has 1 fully saturated rings. The molecule has 1 aliphatic rings. The summed E-state index contributed by atoms with van der Waals surface area (Å²) < 4.78 is 26.3. The fourth-order valence-corrected chi connectivity index (χ4v) is 3.11. The Labute approximate surface area is 121 Å². The average molecular weight is 300 g/mol. The second-order valence-corrected chi connectivity index (χ2v) is 7.74. The minimum atomic E-state index is -3.13. The molecule has 1 aromatic heterocycles. The van der Waals surface area contributed by atoms with Gasteiger partial charge < -0.3 is 0 Å². The number of hydrogen-bond donors (Lipinski definition) is 0. The van der Waals surface area contributed by atoms with Gasteiger partial charge in [-0.1, -0.05) is 19.3 Å². The maximum atomic E-state index is 11.4. The lowest BCUT2D eigenvalue weighted by Crippen LogP contribution is -2.29. The van der Waals surface area contributed by atoms with Crippen molar-refractivity contribution in [2.45, 2.75) is 51.5 Å². The number of nitrogens with zero attached hydrogens (tertiary/aromatic N) is 4. The number of sulfonamides is 1. The van der Waals surface area contributed by atoms with Crippen LogP contribution in [0.3, 0.4) is 0 Å². The Morgan fingerprint density at radius 1 is 1.30 bits per heavy atom. The van der Waals surface area contributed by atoms with Gasteiger partial charge in [-0.3, -0.25) is 0 Å². The smallest absolute Gasteiger partial charge is 0.210 e. The van der Waals surface area contributed by atoms with Gasteiger partial charge in [-0.15, -0.1) is 0 Å². The third-order valence-corrected chi connectivity index (χ3v) is 5.26. The van der Waals surface area contributed by atoms with Crippen LogP contribution >= 0.6 is 0 Å². The van der Waals surface area contributed by atoms with Gasteiger partial charge in [0.2, 0.25) is 10.0 Å². The molecule has 2 rings (SSSR count). The molecule has 0 aliphatic heterocycles. The highest BCUT2D eigenvalue weighted by Gasteiger charge is 2.21. The molecule has 0 spiro atoms. The number of aromatic nitrogens is 3. The van der Waals surface area contributed by atoms with E-state index in [1.807, 2.05) is 11.6 Å². The van der Waals surface area contributed by atoms with Crippen LogP contribution in [0, 0.1) is 6.92 Å². The maximum Gasteiger partial charge on any atom is 0.210 e.